The van der Waals surface area contributed by atoms with E-state index >= 15 is 0 Å². The predicted molar refractivity (Wildman–Crippen MR) is 111 cm³/mol. The van der Waals surface area contributed by atoms with Crippen LogP contribution in [0.25, 0.3) is 22.2 Å². The number of nitrogens with zero attached hydrogens (tertiary/aromatic N) is 2. The summed E-state index contributed by atoms with van der Waals surface area (Å²) < 4.78 is 20.9. The van der Waals surface area contributed by atoms with Crippen LogP contribution in [0.4, 0.5) is 4.39 Å². The van der Waals surface area contributed by atoms with E-state index in [4.69, 9.17) is 27.9 Å². The molecule has 0 aliphatic heterocycles. The van der Waals surface area contributed by atoms with E-state index in [2.05, 4.69) is 4.98 Å². The van der Waals surface area contributed by atoms with Gasteiger partial charge in [0.2, 0.25) is 5.88 Å². The number of aromatic hydroxyl groups is 2. The molecule has 0 saturated carbocycles. The summed E-state index contributed by atoms with van der Waals surface area (Å²) in [6.07, 6.45) is 1.58. The molecular formula is C21H15Cl2FN2O3. The highest BCUT2D eigenvalue weighted by Crippen LogP contribution is 2.38. The molecule has 0 aliphatic carbocycles. The number of aromatic nitrogens is 2. The van der Waals surface area contributed by atoms with Gasteiger partial charge in [0.1, 0.15) is 17.3 Å². The van der Waals surface area contributed by atoms with Crippen LogP contribution in [0.2, 0.25) is 10.0 Å². The van der Waals surface area contributed by atoms with Crippen LogP contribution >= 0.6 is 23.2 Å². The van der Waals surface area contributed by atoms with Crippen molar-refractivity contribution in [1.29, 1.82) is 0 Å². The number of hydrogen-bond acceptors (Lipinski definition) is 4. The normalized spacial score (nSPS) is 11.2. The zero-order valence-corrected chi connectivity index (χ0v) is 16.7. The third-order valence-electron chi connectivity index (χ3n) is 4.63. The molecule has 2 aromatic carbocycles. The monoisotopic (exact) mass is 432 g/mol. The first-order valence-corrected chi connectivity index (χ1v) is 9.33. The van der Waals surface area contributed by atoms with Crippen LogP contribution < -0.4 is 4.74 Å². The summed E-state index contributed by atoms with van der Waals surface area (Å²) in [7, 11) is 1.51. The Balaban J connectivity index is 1.80. The number of rotatable bonds is 4. The molecule has 2 heterocycles. The molecule has 29 heavy (non-hydrogen) atoms. The van der Waals surface area contributed by atoms with Gasteiger partial charge in [0, 0.05) is 17.8 Å². The standard InChI is InChI=1S/C21H15Cl2FN2O3/c1-29-12-6-5-11(18(27)7-12)9-26-10-17-20(21(26)28)14(23)8-16(25-17)19-13(22)3-2-4-15(19)24/h2-8,10,27-28H,9H2,1H3. The lowest BCUT2D eigenvalue weighted by atomic mass is 10.1. The van der Waals surface area contributed by atoms with Crippen molar-refractivity contribution in [3.8, 4) is 28.6 Å². The first-order valence-electron chi connectivity index (χ1n) is 8.57. The van der Waals surface area contributed by atoms with Crippen LogP contribution in [0.15, 0.2) is 48.7 Å². The topological polar surface area (TPSA) is 67.5 Å². The third kappa shape index (κ3) is 3.45. The minimum absolute atomic E-state index is 0.0272. The Labute approximate surface area is 175 Å². The van der Waals surface area contributed by atoms with Crippen molar-refractivity contribution in [2.24, 2.45) is 0 Å². The van der Waals surface area contributed by atoms with E-state index in [-0.39, 0.29) is 39.5 Å². The molecule has 2 N–H and O–H groups in total. The number of pyridine rings is 1. The summed E-state index contributed by atoms with van der Waals surface area (Å²) in [6.45, 7) is 0.171. The van der Waals surface area contributed by atoms with Gasteiger partial charge in [-0.25, -0.2) is 9.37 Å². The minimum atomic E-state index is -0.521. The molecule has 0 saturated heterocycles. The lowest BCUT2D eigenvalue weighted by molar-refractivity contribution is 0.404. The summed E-state index contributed by atoms with van der Waals surface area (Å²) in [5.41, 5.74) is 1.33. The summed E-state index contributed by atoms with van der Waals surface area (Å²) in [6, 6.07) is 10.7. The number of halogens is 3. The van der Waals surface area contributed by atoms with Crippen molar-refractivity contribution in [1.82, 2.24) is 9.55 Å². The Bertz CT molecular complexity index is 1220. The third-order valence-corrected chi connectivity index (χ3v) is 5.24. The predicted octanol–water partition coefficient (Wildman–Crippen LogP) is 5.62. The number of phenolic OH excluding ortho intramolecular Hbond substituents is 1. The largest absolute Gasteiger partial charge is 0.507 e. The number of fused-ring (bicyclic) bond motifs is 1. The van der Waals surface area contributed by atoms with E-state index in [0.717, 1.165) is 0 Å². The number of ether oxygens (including phenoxy) is 1. The molecule has 0 bridgehead atoms. The summed E-state index contributed by atoms with van der Waals surface area (Å²) >= 11 is 12.5. The van der Waals surface area contributed by atoms with Crippen molar-refractivity contribution in [2.45, 2.75) is 6.54 Å². The quantitative estimate of drug-likeness (QED) is 0.439. The van der Waals surface area contributed by atoms with Gasteiger partial charge in [0.05, 0.1) is 45.9 Å². The molecule has 4 rings (SSSR count). The fraction of sp³-hybridized carbons (Fsp3) is 0.0952. The molecule has 0 spiro atoms. The molecule has 0 aliphatic rings. The van der Waals surface area contributed by atoms with E-state index < -0.39 is 5.82 Å². The number of phenols is 1. The lowest BCUT2D eigenvalue weighted by Gasteiger charge is -2.09. The molecule has 8 heteroatoms. The van der Waals surface area contributed by atoms with E-state index in [1.165, 1.54) is 35.9 Å². The van der Waals surface area contributed by atoms with Crippen molar-refractivity contribution < 1.29 is 19.3 Å². The first-order chi connectivity index (χ1) is 13.9. The van der Waals surface area contributed by atoms with Crippen LogP contribution in [0.3, 0.4) is 0 Å². The van der Waals surface area contributed by atoms with Gasteiger partial charge in [0.15, 0.2) is 0 Å². The Hall–Kier alpha value is -2.96. The van der Waals surface area contributed by atoms with Gasteiger partial charge >= 0.3 is 0 Å². The molecule has 0 unspecified atom stereocenters. The second-order valence-electron chi connectivity index (χ2n) is 6.42. The molecule has 0 amide bonds. The van der Waals surface area contributed by atoms with Crippen LogP contribution in [0.1, 0.15) is 5.56 Å². The van der Waals surface area contributed by atoms with Gasteiger partial charge in [-0.05, 0) is 30.3 Å². The van der Waals surface area contributed by atoms with E-state index in [9.17, 15) is 14.6 Å². The van der Waals surface area contributed by atoms with Crippen LogP contribution in [-0.2, 0) is 6.54 Å². The molecule has 4 aromatic rings. The molecule has 0 fully saturated rings. The Kier molecular flexibility index (Phi) is 4.98. The Morgan fingerprint density at radius 3 is 2.59 bits per heavy atom. The van der Waals surface area contributed by atoms with Crippen molar-refractivity contribution in [2.75, 3.05) is 7.11 Å². The van der Waals surface area contributed by atoms with Gasteiger partial charge in [-0.3, -0.25) is 0 Å². The van der Waals surface area contributed by atoms with Crippen LogP contribution in [0.5, 0.6) is 17.4 Å². The zero-order chi connectivity index (χ0) is 20.7. The molecule has 5 nitrogen and oxygen atoms in total. The average molecular weight is 433 g/mol. The number of benzene rings is 2. The molecule has 2 aromatic heterocycles. The van der Waals surface area contributed by atoms with E-state index in [1.807, 2.05) is 0 Å². The maximum Gasteiger partial charge on any atom is 0.202 e. The second-order valence-corrected chi connectivity index (χ2v) is 7.24. The van der Waals surface area contributed by atoms with Gasteiger partial charge < -0.3 is 19.5 Å². The fourth-order valence-corrected chi connectivity index (χ4v) is 3.72. The first kappa shape index (κ1) is 19.4. The van der Waals surface area contributed by atoms with Crippen molar-refractivity contribution in [3.05, 3.63) is 70.1 Å². The second kappa shape index (κ2) is 7.46. The summed E-state index contributed by atoms with van der Waals surface area (Å²) in [4.78, 5) is 4.43. The SMILES string of the molecule is COc1ccc(Cn2cc3nc(-c4c(F)cccc4Cl)cc(Cl)c3c2O)c(O)c1. The fourth-order valence-electron chi connectivity index (χ4n) is 3.18. The number of methoxy groups -OCH3 is 1. The minimum Gasteiger partial charge on any atom is -0.507 e. The lowest BCUT2D eigenvalue weighted by Crippen LogP contribution is -1.98. The van der Waals surface area contributed by atoms with Gasteiger partial charge in [0.25, 0.3) is 0 Å². The van der Waals surface area contributed by atoms with Gasteiger partial charge in [-0.15, -0.1) is 0 Å². The van der Waals surface area contributed by atoms with Gasteiger partial charge in [-0.1, -0.05) is 29.3 Å². The van der Waals surface area contributed by atoms with E-state index in [0.29, 0.717) is 22.2 Å². The van der Waals surface area contributed by atoms with E-state index in [1.54, 1.807) is 24.4 Å². The highest BCUT2D eigenvalue weighted by Gasteiger charge is 2.19. The maximum absolute atomic E-state index is 14.3. The number of hydrogen-bond donors (Lipinski definition) is 2. The molecule has 148 valence electrons. The maximum atomic E-state index is 14.3. The highest BCUT2D eigenvalue weighted by atomic mass is 35.5. The Morgan fingerprint density at radius 1 is 1.10 bits per heavy atom. The van der Waals surface area contributed by atoms with Gasteiger partial charge in [-0.2, -0.15) is 0 Å². The Morgan fingerprint density at radius 2 is 1.90 bits per heavy atom. The zero-order valence-electron chi connectivity index (χ0n) is 15.2. The molecule has 0 atom stereocenters. The highest BCUT2D eigenvalue weighted by molar-refractivity contribution is 6.36. The van der Waals surface area contributed by atoms with Crippen LogP contribution in [-0.4, -0.2) is 26.9 Å². The van der Waals surface area contributed by atoms with Crippen LogP contribution in [0, 0.1) is 5.82 Å². The molecule has 0 radical (unpaired) electrons. The van der Waals surface area contributed by atoms with Crippen molar-refractivity contribution >= 4 is 34.1 Å². The smallest absolute Gasteiger partial charge is 0.202 e. The summed E-state index contributed by atoms with van der Waals surface area (Å²) in [5.74, 6) is -0.0882. The van der Waals surface area contributed by atoms with Crippen molar-refractivity contribution in [3.63, 3.8) is 0 Å². The summed E-state index contributed by atoms with van der Waals surface area (Å²) in [5, 5.41) is 21.6. The molecular weight excluding hydrogens is 418 g/mol. The average Bonchev–Trinajstić information content (AvgIpc) is 2.99.